The summed E-state index contributed by atoms with van der Waals surface area (Å²) < 4.78 is 5.48. The van der Waals surface area contributed by atoms with Gasteiger partial charge in [-0.3, -0.25) is 4.79 Å². The Bertz CT molecular complexity index is 643. The fourth-order valence-corrected chi connectivity index (χ4v) is 2.93. The average molecular weight is 342 g/mol. The van der Waals surface area contributed by atoms with Gasteiger partial charge in [-0.15, -0.1) is 0 Å². The van der Waals surface area contributed by atoms with Crippen molar-refractivity contribution in [1.29, 1.82) is 5.26 Å². The summed E-state index contributed by atoms with van der Waals surface area (Å²) in [6.45, 7) is 4.12. The monoisotopic (exact) mass is 342 g/mol. The van der Waals surface area contributed by atoms with Crippen molar-refractivity contribution in [3.05, 3.63) is 30.2 Å². The predicted molar refractivity (Wildman–Crippen MR) is 91.5 cm³/mol. The highest BCUT2D eigenvalue weighted by atomic mass is 16.5. The van der Waals surface area contributed by atoms with Crippen molar-refractivity contribution >= 4 is 11.9 Å². The Labute approximate surface area is 147 Å². The molecule has 132 valence electrons. The second-order valence-corrected chi connectivity index (χ2v) is 6.07. The number of aromatic nitrogens is 2. The van der Waals surface area contributed by atoms with Crippen LogP contribution in [-0.2, 0) is 9.53 Å². The van der Waals surface area contributed by atoms with Gasteiger partial charge in [-0.2, -0.15) is 5.26 Å². The first-order valence-corrected chi connectivity index (χ1v) is 8.54. The largest absolute Gasteiger partial charge is 0.376 e. The van der Waals surface area contributed by atoms with Crippen LogP contribution in [0.5, 0.6) is 0 Å². The zero-order valence-electron chi connectivity index (χ0n) is 14.1. The molecule has 1 atom stereocenters. The Hall–Kier alpha value is -2.66. The van der Waals surface area contributed by atoms with Crippen LogP contribution in [0.25, 0.3) is 0 Å². The Kier molecular flexibility index (Phi) is 5.80. The lowest BCUT2D eigenvalue weighted by Crippen LogP contribution is -2.45. The van der Waals surface area contributed by atoms with E-state index in [0.29, 0.717) is 25.6 Å². The van der Waals surface area contributed by atoms with Crippen LogP contribution in [-0.4, -0.2) is 66.2 Å². The molecule has 1 aromatic rings. The summed E-state index contributed by atoms with van der Waals surface area (Å²) in [7, 11) is 0. The molecule has 0 bridgehead atoms. The molecule has 0 spiro atoms. The fourth-order valence-electron chi connectivity index (χ4n) is 2.93. The molecule has 2 saturated heterocycles. The minimum atomic E-state index is -0.341. The maximum Gasteiger partial charge on any atom is 0.263 e. The average Bonchev–Trinajstić information content (AvgIpc) is 3.19. The molecule has 25 heavy (non-hydrogen) atoms. The van der Waals surface area contributed by atoms with Gasteiger partial charge in [0.2, 0.25) is 5.95 Å². The molecule has 8 heteroatoms. The number of hydrogen-bond acceptors (Lipinski definition) is 7. The first-order valence-electron chi connectivity index (χ1n) is 8.54. The Morgan fingerprint density at radius 1 is 1.36 bits per heavy atom. The molecule has 0 saturated carbocycles. The maximum absolute atomic E-state index is 12.2. The van der Waals surface area contributed by atoms with Crippen LogP contribution in [0.2, 0.25) is 0 Å². The lowest BCUT2D eigenvalue weighted by molar-refractivity contribution is -0.117. The van der Waals surface area contributed by atoms with Crippen molar-refractivity contribution in [3.63, 3.8) is 0 Å². The molecule has 0 radical (unpaired) electrons. The maximum atomic E-state index is 12.2. The van der Waals surface area contributed by atoms with Gasteiger partial charge < -0.3 is 19.9 Å². The standard InChI is InChI=1S/C17H22N6O2/c18-11-14(16(24)21-12-15-3-1-10-25-15)13-22-6-8-23(9-7-22)17-19-4-2-5-20-17/h2,4-5,13,15H,1,3,6-10,12H2,(H,21,24)/b14-13-. The van der Waals surface area contributed by atoms with Crippen molar-refractivity contribution in [1.82, 2.24) is 20.2 Å². The third kappa shape index (κ3) is 4.67. The van der Waals surface area contributed by atoms with Gasteiger partial charge >= 0.3 is 0 Å². The minimum absolute atomic E-state index is 0.0679. The van der Waals surface area contributed by atoms with E-state index in [1.807, 2.05) is 11.0 Å². The Morgan fingerprint density at radius 3 is 2.76 bits per heavy atom. The van der Waals surface area contributed by atoms with E-state index in [4.69, 9.17) is 4.74 Å². The Balaban J connectivity index is 1.50. The lowest BCUT2D eigenvalue weighted by Gasteiger charge is -2.34. The molecular formula is C17H22N6O2. The summed E-state index contributed by atoms with van der Waals surface area (Å²) in [6.07, 6.45) is 7.14. The Morgan fingerprint density at radius 2 is 2.12 bits per heavy atom. The topological polar surface area (TPSA) is 94.4 Å². The van der Waals surface area contributed by atoms with E-state index in [0.717, 1.165) is 32.5 Å². The van der Waals surface area contributed by atoms with Crippen LogP contribution >= 0.6 is 0 Å². The van der Waals surface area contributed by atoms with E-state index in [1.165, 1.54) is 0 Å². The molecule has 3 rings (SSSR count). The number of carbonyl (C=O) groups excluding carboxylic acids is 1. The highest BCUT2D eigenvalue weighted by Gasteiger charge is 2.20. The third-order valence-electron chi connectivity index (χ3n) is 4.34. The van der Waals surface area contributed by atoms with Crippen LogP contribution < -0.4 is 10.2 Å². The molecule has 3 heterocycles. The number of ether oxygens (including phenoxy) is 1. The number of nitriles is 1. The highest BCUT2D eigenvalue weighted by molar-refractivity contribution is 5.97. The van der Waals surface area contributed by atoms with E-state index in [-0.39, 0.29) is 17.6 Å². The normalized spacial score (nSPS) is 21.1. The molecule has 1 N–H and O–H groups in total. The molecule has 0 aliphatic carbocycles. The molecule has 1 unspecified atom stereocenters. The van der Waals surface area contributed by atoms with Crippen molar-refractivity contribution in [2.45, 2.75) is 18.9 Å². The molecule has 2 aliphatic heterocycles. The summed E-state index contributed by atoms with van der Waals surface area (Å²) in [5.41, 5.74) is 0.127. The van der Waals surface area contributed by atoms with Crippen molar-refractivity contribution < 1.29 is 9.53 Å². The number of nitrogens with zero attached hydrogens (tertiary/aromatic N) is 5. The van der Waals surface area contributed by atoms with Crippen LogP contribution in [0.15, 0.2) is 30.2 Å². The SMILES string of the molecule is N#C/C(=C/N1CCN(c2ncccn2)CC1)C(=O)NCC1CCCO1. The molecule has 1 amide bonds. The zero-order chi connectivity index (χ0) is 17.5. The molecule has 8 nitrogen and oxygen atoms in total. The number of anilines is 1. The van der Waals surface area contributed by atoms with Crippen molar-refractivity contribution in [3.8, 4) is 6.07 Å². The van der Waals surface area contributed by atoms with E-state index in [1.54, 1.807) is 24.7 Å². The molecule has 2 fully saturated rings. The van der Waals surface area contributed by atoms with Gasteiger partial charge in [0.05, 0.1) is 6.10 Å². The summed E-state index contributed by atoms with van der Waals surface area (Å²) in [4.78, 5) is 24.8. The van der Waals surface area contributed by atoms with Crippen molar-refractivity contribution in [2.75, 3.05) is 44.2 Å². The van der Waals surface area contributed by atoms with Crippen LogP contribution in [0.3, 0.4) is 0 Å². The van der Waals surface area contributed by atoms with Gasteiger partial charge in [0, 0.05) is 57.9 Å². The van der Waals surface area contributed by atoms with E-state index in [9.17, 15) is 10.1 Å². The quantitative estimate of drug-likeness (QED) is 0.607. The summed E-state index contributed by atoms with van der Waals surface area (Å²) in [5, 5.41) is 12.1. The third-order valence-corrected chi connectivity index (χ3v) is 4.34. The van der Waals surface area contributed by atoms with Gasteiger partial charge in [0.25, 0.3) is 5.91 Å². The number of rotatable bonds is 5. The number of hydrogen-bond donors (Lipinski definition) is 1. The summed E-state index contributed by atoms with van der Waals surface area (Å²) in [6, 6.07) is 3.78. The number of amides is 1. The minimum Gasteiger partial charge on any atom is -0.376 e. The number of nitrogens with one attached hydrogen (secondary N) is 1. The second kappa shape index (κ2) is 8.44. The smallest absolute Gasteiger partial charge is 0.263 e. The zero-order valence-corrected chi connectivity index (χ0v) is 14.1. The highest BCUT2D eigenvalue weighted by Crippen LogP contribution is 2.12. The van der Waals surface area contributed by atoms with Gasteiger partial charge in [-0.05, 0) is 18.9 Å². The van der Waals surface area contributed by atoms with Crippen LogP contribution in [0.4, 0.5) is 5.95 Å². The van der Waals surface area contributed by atoms with E-state index < -0.39 is 0 Å². The predicted octanol–water partition coefficient (Wildman–Crippen LogP) is 0.301. The molecule has 2 aliphatic rings. The first kappa shape index (κ1) is 17.2. The number of carbonyl (C=O) groups is 1. The van der Waals surface area contributed by atoms with E-state index in [2.05, 4.69) is 20.2 Å². The molecule has 0 aromatic carbocycles. The van der Waals surface area contributed by atoms with Gasteiger partial charge in [-0.25, -0.2) is 9.97 Å². The second-order valence-electron chi connectivity index (χ2n) is 6.07. The lowest BCUT2D eigenvalue weighted by atomic mass is 10.2. The van der Waals surface area contributed by atoms with Gasteiger partial charge in [0.1, 0.15) is 11.6 Å². The summed E-state index contributed by atoms with van der Waals surface area (Å²) in [5.74, 6) is 0.368. The van der Waals surface area contributed by atoms with Gasteiger partial charge in [-0.1, -0.05) is 0 Å². The molecule has 1 aromatic heterocycles. The van der Waals surface area contributed by atoms with Crippen molar-refractivity contribution in [2.24, 2.45) is 0 Å². The summed E-state index contributed by atoms with van der Waals surface area (Å²) >= 11 is 0. The fraction of sp³-hybridized carbons (Fsp3) is 0.529. The first-order chi connectivity index (χ1) is 12.3. The molecular weight excluding hydrogens is 320 g/mol. The van der Waals surface area contributed by atoms with Crippen LogP contribution in [0, 0.1) is 11.3 Å². The number of piperazine rings is 1. The van der Waals surface area contributed by atoms with E-state index >= 15 is 0 Å². The van der Waals surface area contributed by atoms with Crippen LogP contribution in [0.1, 0.15) is 12.8 Å². The van der Waals surface area contributed by atoms with Gasteiger partial charge in [0.15, 0.2) is 0 Å².